The highest BCUT2D eigenvalue weighted by Gasteiger charge is 2.49. The normalized spacial score (nSPS) is 43.0. The molecule has 1 spiro atoms. The maximum atomic E-state index is 11.2. The smallest absolute Gasteiger partial charge is 0.183 e. The summed E-state index contributed by atoms with van der Waals surface area (Å²) < 4.78 is 33.2. The van der Waals surface area contributed by atoms with Crippen molar-refractivity contribution < 1.29 is 17.9 Å². The summed E-state index contributed by atoms with van der Waals surface area (Å²) in [5.41, 5.74) is 5.40. The van der Waals surface area contributed by atoms with Gasteiger partial charge in [-0.25, -0.2) is 8.42 Å². The van der Waals surface area contributed by atoms with Crippen LogP contribution in [0.25, 0.3) is 0 Å². The number of ether oxygens (including phenoxy) is 2. The molecular weight excluding hydrogens is 194 g/mol. The summed E-state index contributed by atoms with van der Waals surface area (Å²) in [6.45, 7) is 0.786. The fraction of sp³-hybridized carbons (Fsp3) is 1.00. The van der Waals surface area contributed by atoms with Gasteiger partial charge in [0.25, 0.3) is 0 Å². The maximum Gasteiger partial charge on any atom is 0.183 e. The molecule has 2 aliphatic heterocycles. The highest BCUT2D eigenvalue weighted by atomic mass is 32.2. The van der Waals surface area contributed by atoms with Crippen LogP contribution in [0.3, 0.4) is 0 Å². The molecule has 6 heteroatoms. The van der Waals surface area contributed by atoms with Crippen LogP contribution < -0.4 is 5.73 Å². The molecular formula is C7H13NO4S. The molecule has 2 fully saturated rings. The van der Waals surface area contributed by atoms with E-state index in [0.29, 0.717) is 19.6 Å². The minimum Gasteiger partial charge on any atom is -0.346 e. The van der Waals surface area contributed by atoms with Crippen molar-refractivity contribution in [3.63, 3.8) is 0 Å². The van der Waals surface area contributed by atoms with Gasteiger partial charge in [-0.15, -0.1) is 0 Å². The van der Waals surface area contributed by atoms with Crippen molar-refractivity contribution in [2.24, 2.45) is 5.73 Å². The van der Waals surface area contributed by atoms with E-state index in [-0.39, 0.29) is 17.6 Å². The van der Waals surface area contributed by atoms with Gasteiger partial charge in [0.1, 0.15) is 5.75 Å². The Bertz CT molecular complexity index is 302. The lowest BCUT2D eigenvalue weighted by Gasteiger charge is -2.19. The molecule has 2 atom stereocenters. The number of nitrogens with two attached hydrogens (primary N) is 1. The van der Waals surface area contributed by atoms with Crippen LogP contribution in [0.1, 0.15) is 6.42 Å². The van der Waals surface area contributed by atoms with E-state index in [4.69, 9.17) is 15.2 Å². The van der Waals surface area contributed by atoms with Crippen LogP contribution in [-0.4, -0.2) is 45.0 Å². The first kappa shape index (κ1) is 9.39. The highest BCUT2D eigenvalue weighted by Crippen LogP contribution is 2.34. The van der Waals surface area contributed by atoms with E-state index in [2.05, 4.69) is 0 Å². The van der Waals surface area contributed by atoms with Gasteiger partial charge in [-0.1, -0.05) is 0 Å². The number of sulfone groups is 1. The van der Waals surface area contributed by atoms with Crippen LogP contribution >= 0.6 is 0 Å². The molecule has 0 aromatic carbocycles. The largest absolute Gasteiger partial charge is 0.346 e. The molecule has 0 aliphatic carbocycles. The topological polar surface area (TPSA) is 78.6 Å². The van der Waals surface area contributed by atoms with Crippen molar-refractivity contribution in [3.05, 3.63) is 0 Å². The summed E-state index contributed by atoms with van der Waals surface area (Å²) in [4.78, 5) is 0. The fourth-order valence-corrected chi connectivity index (χ4v) is 3.46. The molecule has 2 rings (SSSR count). The molecule has 2 N–H and O–H groups in total. The molecule has 2 heterocycles. The Morgan fingerprint density at radius 1 is 1.54 bits per heavy atom. The first-order valence-corrected chi connectivity index (χ1v) is 6.10. The molecule has 2 aliphatic rings. The summed E-state index contributed by atoms with van der Waals surface area (Å²) in [6, 6.07) is 0. The Balaban J connectivity index is 2.09. The van der Waals surface area contributed by atoms with Gasteiger partial charge < -0.3 is 15.2 Å². The van der Waals surface area contributed by atoms with Crippen molar-refractivity contribution in [1.29, 1.82) is 0 Å². The lowest BCUT2D eigenvalue weighted by Crippen LogP contribution is -2.33. The minimum absolute atomic E-state index is 0.0174. The predicted octanol–water partition coefficient (Wildman–Crippen LogP) is -1.12. The Morgan fingerprint density at radius 3 is 2.77 bits per heavy atom. The second-order valence-electron chi connectivity index (χ2n) is 3.54. The molecule has 5 nitrogen and oxygen atoms in total. The van der Waals surface area contributed by atoms with Crippen LogP contribution in [0.15, 0.2) is 0 Å². The molecule has 0 amide bonds. The van der Waals surface area contributed by atoms with Gasteiger partial charge in [-0.3, -0.25) is 0 Å². The van der Waals surface area contributed by atoms with E-state index in [0.717, 1.165) is 0 Å². The van der Waals surface area contributed by atoms with Gasteiger partial charge in [0.15, 0.2) is 15.6 Å². The van der Waals surface area contributed by atoms with E-state index >= 15 is 0 Å². The second-order valence-corrected chi connectivity index (χ2v) is 5.72. The third-order valence-electron chi connectivity index (χ3n) is 2.41. The molecule has 0 aromatic rings. The monoisotopic (exact) mass is 207 g/mol. The molecule has 0 saturated carbocycles. The van der Waals surface area contributed by atoms with E-state index in [9.17, 15) is 8.42 Å². The molecule has 2 unspecified atom stereocenters. The summed E-state index contributed by atoms with van der Waals surface area (Å²) >= 11 is 0. The third kappa shape index (κ3) is 1.71. The fourth-order valence-electron chi connectivity index (χ4n) is 1.73. The van der Waals surface area contributed by atoms with Crippen LogP contribution in [0, 0.1) is 0 Å². The number of hydrogen-bond donors (Lipinski definition) is 1. The predicted molar refractivity (Wildman–Crippen MR) is 45.9 cm³/mol. The van der Waals surface area contributed by atoms with Crippen LogP contribution in [0.4, 0.5) is 0 Å². The summed E-state index contributed by atoms with van der Waals surface area (Å²) in [5, 5.41) is 0. The van der Waals surface area contributed by atoms with Gasteiger partial charge in [-0.2, -0.15) is 0 Å². The average Bonchev–Trinajstić information content (AvgIpc) is 2.57. The van der Waals surface area contributed by atoms with Crippen LogP contribution in [0.5, 0.6) is 0 Å². The zero-order chi connectivity index (χ0) is 9.53. The zero-order valence-corrected chi connectivity index (χ0v) is 8.05. The first-order valence-electron chi connectivity index (χ1n) is 4.28. The van der Waals surface area contributed by atoms with Gasteiger partial charge in [0.2, 0.25) is 0 Å². The standard InChI is InChI=1S/C7H13NO4S/c8-3-6-4-11-7(12-6)1-2-13(9,10)5-7/h6H,1-5,8H2. The molecule has 0 aromatic heterocycles. The highest BCUT2D eigenvalue weighted by molar-refractivity contribution is 7.91. The SMILES string of the molecule is NCC1COC2(CCS(=O)(=O)C2)O1. The molecule has 76 valence electrons. The van der Waals surface area contributed by atoms with Gasteiger partial charge in [0.05, 0.1) is 18.5 Å². The van der Waals surface area contributed by atoms with Crippen molar-refractivity contribution in [2.75, 3.05) is 24.7 Å². The quantitative estimate of drug-likeness (QED) is 0.589. The van der Waals surface area contributed by atoms with Crippen molar-refractivity contribution in [3.8, 4) is 0 Å². The number of rotatable bonds is 1. The Labute approximate surface area is 77.1 Å². The lowest BCUT2D eigenvalue weighted by atomic mass is 10.2. The Morgan fingerprint density at radius 2 is 2.31 bits per heavy atom. The number of hydrogen-bond acceptors (Lipinski definition) is 5. The van der Waals surface area contributed by atoms with E-state index in [1.165, 1.54) is 0 Å². The molecule has 0 bridgehead atoms. The van der Waals surface area contributed by atoms with Crippen molar-refractivity contribution >= 4 is 9.84 Å². The molecule has 0 radical (unpaired) electrons. The van der Waals surface area contributed by atoms with Gasteiger partial charge in [-0.05, 0) is 0 Å². The maximum absolute atomic E-state index is 11.2. The second kappa shape index (κ2) is 2.91. The zero-order valence-electron chi connectivity index (χ0n) is 7.23. The summed E-state index contributed by atoms with van der Waals surface area (Å²) in [7, 11) is -2.96. The minimum atomic E-state index is -2.96. The molecule has 13 heavy (non-hydrogen) atoms. The van der Waals surface area contributed by atoms with Crippen LogP contribution in [0.2, 0.25) is 0 Å². The van der Waals surface area contributed by atoms with Crippen LogP contribution in [-0.2, 0) is 19.3 Å². The lowest BCUT2D eigenvalue weighted by molar-refractivity contribution is -0.145. The van der Waals surface area contributed by atoms with Gasteiger partial charge >= 0.3 is 0 Å². The van der Waals surface area contributed by atoms with Gasteiger partial charge in [0, 0.05) is 13.0 Å². The summed E-state index contributed by atoms with van der Waals surface area (Å²) in [5.74, 6) is -0.732. The molecule has 2 saturated heterocycles. The average molecular weight is 207 g/mol. The van der Waals surface area contributed by atoms with E-state index in [1.54, 1.807) is 0 Å². The van der Waals surface area contributed by atoms with Crippen molar-refractivity contribution in [1.82, 2.24) is 0 Å². The third-order valence-corrected chi connectivity index (χ3v) is 4.12. The summed E-state index contributed by atoms with van der Waals surface area (Å²) in [6.07, 6.45) is 0.291. The van der Waals surface area contributed by atoms with Crippen molar-refractivity contribution in [2.45, 2.75) is 18.3 Å². The Kier molecular flexibility index (Phi) is 2.10. The van der Waals surface area contributed by atoms with E-state index < -0.39 is 15.6 Å². The van der Waals surface area contributed by atoms with E-state index in [1.807, 2.05) is 0 Å². The Hall–Kier alpha value is -0.170. The first-order chi connectivity index (χ1) is 6.05.